The molecule has 1 aliphatic heterocycles. The van der Waals surface area contributed by atoms with Crippen LogP contribution in [0.2, 0.25) is 0 Å². The van der Waals surface area contributed by atoms with Gasteiger partial charge in [-0.15, -0.1) is 11.3 Å². The Bertz CT molecular complexity index is 1150. The van der Waals surface area contributed by atoms with Crippen LogP contribution < -0.4 is 11.1 Å². The minimum absolute atomic E-state index is 0.135. The lowest BCUT2D eigenvalue weighted by atomic mass is 9.88. The quantitative estimate of drug-likeness (QED) is 0.645. The van der Waals surface area contributed by atoms with Crippen molar-refractivity contribution in [1.82, 2.24) is 9.21 Å². The van der Waals surface area contributed by atoms with E-state index < -0.39 is 15.9 Å². The van der Waals surface area contributed by atoms with E-state index in [0.717, 1.165) is 35.3 Å². The Kier molecular flexibility index (Phi) is 6.90. The number of anilines is 1. The second-order valence-electron chi connectivity index (χ2n) is 8.96. The number of nitrogens with one attached hydrogen (secondary N) is 1. The summed E-state index contributed by atoms with van der Waals surface area (Å²) in [6, 6.07) is 6.83. The van der Waals surface area contributed by atoms with E-state index in [1.807, 2.05) is 11.8 Å². The summed E-state index contributed by atoms with van der Waals surface area (Å²) < 4.78 is 27.2. The van der Waals surface area contributed by atoms with Gasteiger partial charge in [-0.2, -0.15) is 4.31 Å². The molecule has 2 aromatic rings. The number of benzene rings is 1. The summed E-state index contributed by atoms with van der Waals surface area (Å²) >= 11 is 1.45. The predicted octanol–water partition coefficient (Wildman–Crippen LogP) is 2.23. The Morgan fingerprint density at radius 1 is 1.15 bits per heavy atom. The summed E-state index contributed by atoms with van der Waals surface area (Å²) in [5, 5.41) is 3.42. The van der Waals surface area contributed by atoms with Crippen molar-refractivity contribution in [3.63, 3.8) is 0 Å². The average Bonchev–Trinajstić information content (AvgIpc) is 3.11. The molecular weight excluding hydrogens is 460 g/mol. The molecule has 2 aliphatic rings. The number of piperazine rings is 1. The molecule has 3 N–H and O–H groups in total. The molecule has 2 heterocycles. The number of thiophene rings is 1. The summed E-state index contributed by atoms with van der Waals surface area (Å²) in [6.45, 7) is 5.79. The fourth-order valence-corrected chi connectivity index (χ4v) is 7.31. The largest absolute Gasteiger partial charge is 0.365 e. The monoisotopic (exact) mass is 490 g/mol. The highest BCUT2D eigenvalue weighted by Gasteiger charge is 2.30. The first kappa shape index (κ1) is 23.9. The number of fused-ring (bicyclic) bond motifs is 1. The number of hydrogen-bond donors (Lipinski definition) is 2. The molecule has 10 heteroatoms. The summed E-state index contributed by atoms with van der Waals surface area (Å²) in [4.78, 5) is 28.2. The van der Waals surface area contributed by atoms with Gasteiger partial charge in [-0.3, -0.25) is 14.5 Å². The predicted molar refractivity (Wildman–Crippen MR) is 129 cm³/mol. The third kappa shape index (κ3) is 5.13. The number of amides is 2. The maximum atomic E-state index is 12.9. The van der Waals surface area contributed by atoms with Crippen LogP contribution in [0.25, 0.3) is 0 Å². The highest BCUT2D eigenvalue weighted by atomic mass is 32.2. The van der Waals surface area contributed by atoms with Gasteiger partial charge in [-0.1, -0.05) is 24.6 Å². The van der Waals surface area contributed by atoms with Crippen LogP contribution in [0.4, 0.5) is 5.00 Å². The topological polar surface area (TPSA) is 113 Å². The van der Waals surface area contributed by atoms with Crippen molar-refractivity contribution in [2.24, 2.45) is 11.7 Å². The first-order valence-corrected chi connectivity index (χ1v) is 13.4. The van der Waals surface area contributed by atoms with Crippen LogP contribution in [0.3, 0.4) is 0 Å². The van der Waals surface area contributed by atoms with Crippen molar-refractivity contribution in [2.45, 2.75) is 38.0 Å². The Hall–Kier alpha value is -2.27. The molecular formula is C23H30N4O4S2. The number of hydrogen-bond acceptors (Lipinski definition) is 6. The summed E-state index contributed by atoms with van der Waals surface area (Å²) in [6.07, 6.45) is 2.71. The molecule has 178 valence electrons. The highest BCUT2D eigenvalue weighted by Crippen LogP contribution is 2.39. The van der Waals surface area contributed by atoms with Crippen molar-refractivity contribution in [3.8, 4) is 0 Å². The molecule has 1 fully saturated rings. The molecule has 1 saturated heterocycles. The molecule has 0 radical (unpaired) electrons. The van der Waals surface area contributed by atoms with Crippen molar-refractivity contribution in [1.29, 1.82) is 0 Å². The zero-order chi connectivity index (χ0) is 23.8. The highest BCUT2D eigenvalue weighted by molar-refractivity contribution is 7.89. The SMILES string of the molecule is Cc1ccc(S(=O)(=O)N2CCN(CC(=O)Nc3sc4c(c3C(N)=O)CCC(C)C4)CC2)cc1. The Labute approximate surface area is 198 Å². The van der Waals surface area contributed by atoms with Crippen LogP contribution >= 0.6 is 11.3 Å². The maximum Gasteiger partial charge on any atom is 0.251 e. The number of nitrogens with zero attached hydrogens (tertiary/aromatic N) is 2. The van der Waals surface area contributed by atoms with E-state index in [4.69, 9.17) is 5.73 Å². The molecule has 2 amide bonds. The van der Waals surface area contributed by atoms with Gasteiger partial charge in [0.25, 0.3) is 5.91 Å². The molecule has 0 saturated carbocycles. The number of nitrogens with two attached hydrogens (primary N) is 1. The number of sulfonamides is 1. The molecule has 33 heavy (non-hydrogen) atoms. The van der Waals surface area contributed by atoms with Crippen LogP contribution in [-0.2, 0) is 27.7 Å². The van der Waals surface area contributed by atoms with E-state index in [1.54, 1.807) is 24.3 Å². The number of rotatable bonds is 6. The fourth-order valence-electron chi connectivity index (χ4n) is 4.46. The smallest absolute Gasteiger partial charge is 0.251 e. The van der Waals surface area contributed by atoms with E-state index in [2.05, 4.69) is 12.2 Å². The van der Waals surface area contributed by atoms with Crippen LogP contribution in [0.5, 0.6) is 0 Å². The van der Waals surface area contributed by atoms with E-state index in [1.165, 1.54) is 15.6 Å². The first-order chi connectivity index (χ1) is 15.6. The van der Waals surface area contributed by atoms with Crippen LogP contribution in [-0.4, -0.2) is 62.2 Å². The second-order valence-corrected chi connectivity index (χ2v) is 12.0. The lowest BCUT2D eigenvalue weighted by molar-refractivity contribution is -0.117. The molecule has 1 aromatic heterocycles. The van der Waals surface area contributed by atoms with Crippen molar-refractivity contribution < 1.29 is 18.0 Å². The van der Waals surface area contributed by atoms with Crippen molar-refractivity contribution >= 4 is 38.2 Å². The van der Waals surface area contributed by atoms with Crippen LogP contribution in [0.15, 0.2) is 29.2 Å². The van der Waals surface area contributed by atoms with E-state index in [9.17, 15) is 18.0 Å². The lowest BCUT2D eigenvalue weighted by Crippen LogP contribution is -2.50. The van der Waals surface area contributed by atoms with Gasteiger partial charge in [0.2, 0.25) is 15.9 Å². The molecule has 0 spiro atoms. The summed E-state index contributed by atoms with van der Waals surface area (Å²) in [5.74, 6) is -0.181. The van der Waals surface area contributed by atoms with Gasteiger partial charge >= 0.3 is 0 Å². The van der Waals surface area contributed by atoms with Gasteiger partial charge in [0.15, 0.2) is 0 Å². The summed E-state index contributed by atoms with van der Waals surface area (Å²) in [7, 11) is -3.54. The van der Waals surface area contributed by atoms with Gasteiger partial charge in [-0.25, -0.2) is 8.42 Å². The van der Waals surface area contributed by atoms with Gasteiger partial charge < -0.3 is 11.1 Å². The molecule has 1 aliphatic carbocycles. The van der Waals surface area contributed by atoms with E-state index >= 15 is 0 Å². The van der Waals surface area contributed by atoms with Gasteiger partial charge in [0.05, 0.1) is 17.0 Å². The molecule has 1 atom stereocenters. The van der Waals surface area contributed by atoms with Crippen molar-refractivity contribution in [3.05, 3.63) is 45.8 Å². The molecule has 1 unspecified atom stereocenters. The number of carbonyl (C=O) groups is 2. The fraction of sp³-hybridized carbons (Fsp3) is 0.478. The van der Waals surface area contributed by atoms with Crippen molar-refractivity contribution in [2.75, 3.05) is 38.0 Å². The minimum atomic E-state index is -3.54. The maximum absolute atomic E-state index is 12.9. The van der Waals surface area contributed by atoms with E-state index in [-0.39, 0.29) is 17.3 Å². The van der Waals surface area contributed by atoms with Gasteiger partial charge in [0.1, 0.15) is 5.00 Å². The van der Waals surface area contributed by atoms with Crippen LogP contribution in [0.1, 0.15) is 39.7 Å². The zero-order valence-corrected chi connectivity index (χ0v) is 20.6. The third-order valence-electron chi connectivity index (χ3n) is 6.37. The minimum Gasteiger partial charge on any atom is -0.365 e. The van der Waals surface area contributed by atoms with E-state index in [0.29, 0.717) is 42.7 Å². The van der Waals surface area contributed by atoms with Gasteiger partial charge in [-0.05, 0) is 49.8 Å². The Morgan fingerprint density at radius 2 is 1.82 bits per heavy atom. The third-order valence-corrected chi connectivity index (χ3v) is 9.45. The Morgan fingerprint density at radius 3 is 2.45 bits per heavy atom. The number of aryl methyl sites for hydroxylation is 1. The van der Waals surface area contributed by atoms with Crippen LogP contribution in [0, 0.1) is 12.8 Å². The molecule has 1 aromatic carbocycles. The number of primary amides is 1. The molecule has 4 rings (SSSR count). The zero-order valence-electron chi connectivity index (χ0n) is 19.0. The normalized spacial score (nSPS) is 19.8. The standard InChI is InChI=1S/C23H30N4O4S2/c1-15-3-6-17(7-4-15)33(30,31)27-11-9-26(10-12-27)14-20(28)25-23-21(22(24)29)18-8-5-16(2)13-19(18)32-23/h3-4,6-7,16H,5,8-14H2,1-2H3,(H2,24,29)(H,25,28). The molecule has 8 nitrogen and oxygen atoms in total. The molecule has 0 bridgehead atoms. The lowest BCUT2D eigenvalue weighted by Gasteiger charge is -2.33. The Balaban J connectivity index is 1.36. The summed E-state index contributed by atoms with van der Waals surface area (Å²) in [5.41, 5.74) is 8.07. The van der Waals surface area contributed by atoms with Gasteiger partial charge in [0, 0.05) is 31.1 Å². The second kappa shape index (κ2) is 9.54. The first-order valence-electron chi connectivity index (χ1n) is 11.2. The number of carbonyl (C=O) groups excluding carboxylic acids is 2. The average molecular weight is 491 g/mol.